The molecule has 0 unspecified atom stereocenters. The lowest BCUT2D eigenvalue weighted by atomic mass is 10.1. The highest BCUT2D eigenvalue weighted by Crippen LogP contribution is 2.17. The number of carbonyl (C=O) groups excluding carboxylic acids is 1. The topological polar surface area (TPSA) is 29.1 Å². The minimum absolute atomic E-state index is 0.227. The summed E-state index contributed by atoms with van der Waals surface area (Å²) in [5.74, 6) is 0.227. The van der Waals surface area contributed by atoms with Crippen molar-refractivity contribution in [2.75, 3.05) is 0 Å². The van der Waals surface area contributed by atoms with Gasteiger partial charge in [0.25, 0.3) is 0 Å². The number of nitrogens with one attached hydrogen (secondary N) is 1. The van der Waals surface area contributed by atoms with Gasteiger partial charge in [-0.05, 0) is 30.7 Å². The first-order valence-electron chi connectivity index (χ1n) is 6.66. The first-order valence-corrected chi connectivity index (χ1v) is 7.54. The van der Waals surface area contributed by atoms with Crippen LogP contribution in [0.3, 0.4) is 0 Å². The summed E-state index contributed by atoms with van der Waals surface area (Å²) < 4.78 is 0. The number of hydrogen-bond donors (Lipinski definition) is 1. The van der Waals surface area contributed by atoms with E-state index >= 15 is 0 Å². The van der Waals surface area contributed by atoms with Gasteiger partial charge in [-0.15, -0.1) is 11.3 Å². The fraction of sp³-hybridized carbons (Fsp3) is 0.643. The summed E-state index contributed by atoms with van der Waals surface area (Å²) in [5, 5.41) is 5.25. The second-order valence-corrected chi connectivity index (χ2v) is 5.87. The van der Waals surface area contributed by atoms with Crippen molar-refractivity contribution in [3.05, 3.63) is 22.4 Å². The van der Waals surface area contributed by atoms with E-state index in [0.29, 0.717) is 12.5 Å². The van der Waals surface area contributed by atoms with E-state index < -0.39 is 0 Å². The fourth-order valence-electron chi connectivity index (χ4n) is 2.42. The van der Waals surface area contributed by atoms with E-state index in [1.165, 1.54) is 43.4 Å². The maximum Gasteiger partial charge on any atom is 0.220 e. The maximum atomic E-state index is 11.8. The van der Waals surface area contributed by atoms with Crippen LogP contribution in [-0.2, 0) is 11.2 Å². The summed E-state index contributed by atoms with van der Waals surface area (Å²) in [5.41, 5.74) is 0. The Labute approximate surface area is 107 Å². The Balaban J connectivity index is 1.69. The first kappa shape index (κ1) is 12.6. The third-order valence-corrected chi connectivity index (χ3v) is 4.34. The van der Waals surface area contributed by atoms with Crippen molar-refractivity contribution >= 4 is 17.2 Å². The van der Waals surface area contributed by atoms with Gasteiger partial charge >= 0.3 is 0 Å². The number of amides is 1. The summed E-state index contributed by atoms with van der Waals surface area (Å²) in [7, 11) is 0. The first-order chi connectivity index (χ1) is 8.34. The van der Waals surface area contributed by atoms with E-state index in [4.69, 9.17) is 0 Å². The van der Waals surface area contributed by atoms with Crippen molar-refractivity contribution in [3.63, 3.8) is 0 Å². The molecule has 1 aliphatic carbocycles. The molecule has 2 nitrogen and oxygen atoms in total. The smallest absolute Gasteiger partial charge is 0.220 e. The molecule has 1 fully saturated rings. The highest BCUT2D eigenvalue weighted by molar-refractivity contribution is 7.09. The van der Waals surface area contributed by atoms with E-state index in [0.717, 1.165) is 6.42 Å². The Kier molecular flexibility index (Phi) is 5.05. The molecule has 0 spiro atoms. The average Bonchev–Trinajstić information content (AvgIpc) is 2.72. The second kappa shape index (κ2) is 6.80. The lowest BCUT2D eigenvalue weighted by Gasteiger charge is -2.15. The highest BCUT2D eigenvalue weighted by atomic mass is 32.1. The molecule has 1 aliphatic rings. The van der Waals surface area contributed by atoms with Gasteiger partial charge in [-0.1, -0.05) is 31.7 Å². The Hall–Kier alpha value is -0.830. The molecule has 0 atom stereocenters. The van der Waals surface area contributed by atoms with Crippen LogP contribution in [0, 0.1) is 0 Å². The molecule has 1 aromatic heterocycles. The Bertz CT molecular complexity index is 326. The number of rotatable bonds is 4. The van der Waals surface area contributed by atoms with Crippen molar-refractivity contribution in [3.8, 4) is 0 Å². The van der Waals surface area contributed by atoms with Gasteiger partial charge in [0.2, 0.25) is 5.91 Å². The van der Waals surface area contributed by atoms with Crippen LogP contribution in [-0.4, -0.2) is 11.9 Å². The summed E-state index contributed by atoms with van der Waals surface area (Å²) >= 11 is 1.73. The van der Waals surface area contributed by atoms with Crippen LogP contribution >= 0.6 is 11.3 Å². The average molecular weight is 251 g/mol. The zero-order valence-corrected chi connectivity index (χ0v) is 11.1. The van der Waals surface area contributed by atoms with E-state index in [9.17, 15) is 4.79 Å². The lowest BCUT2D eigenvalue weighted by molar-refractivity contribution is -0.121. The molecule has 3 heteroatoms. The van der Waals surface area contributed by atoms with Gasteiger partial charge in [0, 0.05) is 17.3 Å². The van der Waals surface area contributed by atoms with E-state index in [1.807, 2.05) is 6.07 Å². The second-order valence-electron chi connectivity index (χ2n) is 4.84. The fourth-order valence-corrected chi connectivity index (χ4v) is 3.12. The molecule has 1 heterocycles. The van der Waals surface area contributed by atoms with Gasteiger partial charge in [-0.25, -0.2) is 0 Å². The molecule has 1 saturated carbocycles. The van der Waals surface area contributed by atoms with Crippen LogP contribution in [0.15, 0.2) is 17.5 Å². The summed E-state index contributed by atoms with van der Waals surface area (Å²) in [6, 6.07) is 4.58. The van der Waals surface area contributed by atoms with Gasteiger partial charge < -0.3 is 5.32 Å². The van der Waals surface area contributed by atoms with Crippen molar-refractivity contribution < 1.29 is 4.79 Å². The summed E-state index contributed by atoms with van der Waals surface area (Å²) in [6.07, 6.45) is 9.08. The van der Waals surface area contributed by atoms with Crippen LogP contribution < -0.4 is 5.32 Å². The Morgan fingerprint density at radius 1 is 1.29 bits per heavy atom. The monoisotopic (exact) mass is 251 g/mol. The van der Waals surface area contributed by atoms with Crippen LogP contribution in [0.25, 0.3) is 0 Å². The number of aryl methyl sites for hydroxylation is 1. The molecule has 94 valence electrons. The molecule has 0 bridgehead atoms. The number of hydrogen-bond acceptors (Lipinski definition) is 2. The van der Waals surface area contributed by atoms with Gasteiger partial charge in [0.1, 0.15) is 0 Å². The zero-order valence-electron chi connectivity index (χ0n) is 10.3. The quantitative estimate of drug-likeness (QED) is 0.815. The highest BCUT2D eigenvalue weighted by Gasteiger charge is 2.14. The summed E-state index contributed by atoms with van der Waals surface area (Å²) in [6.45, 7) is 0. The predicted octanol–water partition coefficient (Wildman–Crippen LogP) is 3.52. The van der Waals surface area contributed by atoms with Crippen LogP contribution in [0.5, 0.6) is 0 Å². The van der Waals surface area contributed by atoms with E-state index in [-0.39, 0.29) is 5.91 Å². The third-order valence-electron chi connectivity index (χ3n) is 3.40. The third kappa shape index (κ3) is 4.50. The van der Waals surface area contributed by atoms with Gasteiger partial charge in [-0.2, -0.15) is 0 Å². The standard InChI is InChI=1S/C14H21NOS/c16-14(10-9-13-8-5-11-17-13)15-12-6-3-1-2-4-7-12/h5,8,11-12H,1-4,6-7,9-10H2,(H,15,16). The SMILES string of the molecule is O=C(CCc1cccs1)NC1CCCCCC1. The van der Waals surface area contributed by atoms with Crippen molar-refractivity contribution in [2.24, 2.45) is 0 Å². The van der Waals surface area contributed by atoms with Gasteiger partial charge in [0.15, 0.2) is 0 Å². The van der Waals surface area contributed by atoms with E-state index in [1.54, 1.807) is 11.3 Å². The normalized spacial score (nSPS) is 17.6. The zero-order chi connectivity index (χ0) is 11.9. The largest absolute Gasteiger partial charge is 0.353 e. The minimum atomic E-state index is 0.227. The number of thiophene rings is 1. The number of carbonyl (C=O) groups is 1. The summed E-state index contributed by atoms with van der Waals surface area (Å²) in [4.78, 5) is 13.1. The minimum Gasteiger partial charge on any atom is -0.353 e. The van der Waals surface area contributed by atoms with Crippen LogP contribution in [0.1, 0.15) is 49.8 Å². The molecular formula is C14H21NOS. The predicted molar refractivity (Wildman–Crippen MR) is 72.3 cm³/mol. The molecule has 0 saturated heterocycles. The van der Waals surface area contributed by atoms with Gasteiger partial charge in [-0.3, -0.25) is 4.79 Å². The molecule has 1 aromatic rings. The Morgan fingerprint density at radius 3 is 2.71 bits per heavy atom. The molecule has 0 radical (unpaired) electrons. The Morgan fingerprint density at radius 2 is 2.06 bits per heavy atom. The van der Waals surface area contributed by atoms with Gasteiger partial charge in [0.05, 0.1) is 0 Å². The molecule has 1 amide bonds. The maximum absolute atomic E-state index is 11.8. The molecule has 0 aromatic carbocycles. The van der Waals surface area contributed by atoms with Crippen molar-refractivity contribution in [1.82, 2.24) is 5.32 Å². The van der Waals surface area contributed by atoms with Crippen LogP contribution in [0.2, 0.25) is 0 Å². The molecule has 0 aliphatic heterocycles. The molecular weight excluding hydrogens is 230 g/mol. The lowest BCUT2D eigenvalue weighted by Crippen LogP contribution is -2.34. The van der Waals surface area contributed by atoms with Crippen molar-refractivity contribution in [2.45, 2.75) is 57.4 Å². The van der Waals surface area contributed by atoms with Crippen LogP contribution in [0.4, 0.5) is 0 Å². The molecule has 17 heavy (non-hydrogen) atoms. The van der Waals surface area contributed by atoms with Crippen molar-refractivity contribution in [1.29, 1.82) is 0 Å². The molecule has 1 N–H and O–H groups in total. The molecule has 2 rings (SSSR count). The van der Waals surface area contributed by atoms with E-state index in [2.05, 4.69) is 16.8 Å².